The lowest BCUT2D eigenvalue weighted by molar-refractivity contribution is -0.168. The predicted octanol–water partition coefficient (Wildman–Crippen LogP) is 5.54. The van der Waals surface area contributed by atoms with E-state index in [0.717, 1.165) is 16.7 Å². The molecule has 7 nitrogen and oxygen atoms in total. The van der Waals surface area contributed by atoms with E-state index in [4.69, 9.17) is 9.47 Å². The molecule has 0 saturated carbocycles. The number of ether oxygens (including phenoxy) is 2. The number of nitrogens with zero attached hydrogens (tertiary/aromatic N) is 1. The molecule has 7 atom stereocenters. The molecule has 222 valence electrons. The van der Waals surface area contributed by atoms with Crippen LogP contribution in [0.15, 0.2) is 91.0 Å². The Kier molecular flexibility index (Phi) is 8.99. The molecule has 1 unspecified atom stereocenters. The normalized spacial score (nSPS) is 26.3. The number of aliphatic carboxylic acids is 1. The fraction of sp³-hybridized carbons (Fsp3) is 0.429. The van der Waals surface area contributed by atoms with Crippen LogP contribution in [-0.2, 0) is 33.5 Å². The summed E-state index contributed by atoms with van der Waals surface area (Å²) in [7, 11) is 0. The molecular formula is C35H41NO6. The molecule has 5 rings (SSSR count). The van der Waals surface area contributed by atoms with Gasteiger partial charge in [0.15, 0.2) is 0 Å². The van der Waals surface area contributed by atoms with Crippen molar-refractivity contribution in [3.05, 3.63) is 108 Å². The maximum absolute atomic E-state index is 13.7. The van der Waals surface area contributed by atoms with E-state index in [-0.39, 0.29) is 18.3 Å². The summed E-state index contributed by atoms with van der Waals surface area (Å²) in [5, 5.41) is 22.0. The highest BCUT2D eigenvalue weighted by molar-refractivity contribution is 5.81. The molecule has 2 heterocycles. The predicted molar refractivity (Wildman–Crippen MR) is 160 cm³/mol. The first kappa shape index (κ1) is 29.8. The lowest BCUT2D eigenvalue weighted by atomic mass is 9.70. The first-order valence-corrected chi connectivity index (χ1v) is 14.8. The van der Waals surface area contributed by atoms with Gasteiger partial charge in [0.1, 0.15) is 11.6 Å². The molecule has 2 aliphatic heterocycles. The topological polar surface area (TPSA) is 96.3 Å². The zero-order chi connectivity index (χ0) is 29.9. The molecule has 2 fully saturated rings. The van der Waals surface area contributed by atoms with Crippen LogP contribution in [0.4, 0.5) is 4.79 Å². The van der Waals surface area contributed by atoms with Crippen LogP contribution in [0.3, 0.4) is 0 Å². The lowest BCUT2D eigenvalue weighted by Gasteiger charge is -2.49. The Hall–Kier alpha value is -3.68. The third-order valence-electron chi connectivity index (χ3n) is 8.42. The van der Waals surface area contributed by atoms with Crippen LogP contribution in [0.2, 0.25) is 0 Å². The summed E-state index contributed by atoms with van der Waals surface area (Å²) < 4.78 is 12.5. The zero-order valence-corrected chi connectivity index (χ0v) is 24.5. The molecule has 3 aromatic carbocycles. The van der Waals surface area contributed by atoms with Gasteiger partial charge >= 0.3 is 12.1 Å². The van der Waals surface area contributed by atoms with E-state index < -0.39 is 48.1 Å². The van der Waals surface area contributed by atoms with Gasteiger partial charge in [0.2, 0.25) is 0 Å². The number of hydrogen-bond acceptors (Lipinski definition) is 5. The summed E-state index contributed by atoms with van der Waals surface area (Å²) in [6, 6.07) is 28.3. The van der Waals surface area contributed by atoms with Crippen molar-refractivity contribution in [1.29, 1.82) is 0 Å². The molecule has 42 heavy (non-hydrogen) atoms. The number of carboxylic acid groups (broad SMARTS) is 1. The number of rotatable bonds is 8. The van der Waals surface area contributed by atoms with E-state index in [2.05, 4.69) is 24.3 Å². The summed E-state index contributed by atoms with van der Waals surface area (Å²) >= 11 is 0. The van der Waals surface area contributed by atoms with Crippen molar-refractivity contribution >= 4 is 12.1 Å². The molecule has 0 aromatic heterocycles. The average molecular weight is 572 g/mol. The molecular weight excluding hydrogens is 530 g/mol. The number of aliphatic hydroxyl groups excluding tert-OH is 1. The molecule has 0 spiro atoms. The zero-order valence-electron chi connectivity index (χ0n) is 24.5. The van der Waals surface area contributed by atoms with Gasteiger partial charge in [-0.1, -0.05) is 91.0 Å². The van der Waals surface area contributed by atoms with Gasteiger partial charge in [-0.3, -0.25) is 4.90 Å². The Bertz CT molecular complexity index is 1330. The number of likely N-dealkylation sites (tertiary alicyclic amines) is 1. The molecule has 3 aromatic rings. The first-order valence-electron chi connectivity index (χ1n) is 14.8. The highest BCUT2D eigenvalue weighted by atomic mass is 16.6. The fourth-order valence-corrected chi connectivity index (χ4v) is 6.72. The third kappa shape index (κ3) is 6.85. The molecule has 0 radical (unpaired) electrons. The summed E-state index contributed by atoms with van der Waals surface area (Å²) in [5.74, 6) is -1.48. The van der Waals surface area contributed by atoms with Crippen LogP contribution in [0.25, 0.3) is 0 Å². The second kappa shape index (κ2) is 12.7. The molecule has 2 N–H and O–H groups in total. The van der Waals surface area contributed by atoms with Gasteiger partial charge in [0, 0.05) is 12.8 Å². The molecule has 0 bridgehead atoms. The molecule has 2 saturated heterocycles. The molecule has 0 aliphatic carbocycles. The Labute approximate surface area is 248 Å². The van der Waals surface area contributed by atoms with Crippen molar-refractivity contribution in [3.8, 4) is 0 Å². The number of benzene rings is 3. The van der Waals surface area contributed by atoms with Gasteiger partial charge in [-0.25, -0.2) is 9.59 Å². The van der Waals surface area contributed by atoms with Gasteiger partial charge in [-0.05, 0) is 62.1 Å². The van der Waals surface area contributed by atoms with Crippen LogP contribution < -0.4 is 0 Å². The number of amides is 1. The minimum Gasteiger partial charge on any atom is -0.480 e. The third-order valence-corrected chi connectivity index (χ3v) is 8.42. The van der Waals surface area contributed by atoms with E-state index in [1.807, 2.05) is 66.7 Å². The maximum atomic E-state index is 13.7. The van der Waals surface area contributed by atoms with E-state index in [1.165, 1.54) is 4.90 Å². The number of hydrogen-bond donors (Lipinski definition) is 2. The summed E-state index contributed by atoms with van der Waals surface area (Å²) in [6.45, 7) is 5.34. The van der Waals surface area contributed by atoms with Gasteiger partial charge in [0.25, 0.3) is 0 Å². The maximum Gasteiger partial charge on any atom is 0.411 e. The monoisotopic (exact) mass is 571 g/mol. The van der Waals surface area contributed by atoms with Crippen molar-refractivity contribution in [2.24, 2.45) is 11.8 Å². The van der Waals surface area contributed by atoms with E-state index >= 15 is 0 Å². The van der Waals surface area contributed by atoms with E-state index in [1.54, 1.807) is 20.8 Å². The summed E-state index contributed by atoms with van der Waals surface area (Å²) in [4.78, 5) is 27.7. The van der Waals surface area contributed by atoms with Crippen LogP contribution in [0.1, 0.15) is 43.9 Å². The second-order valence-corrected chi connectivity index (χ2v) is 12.6. The number of aliphatic hydroxyl groups is 1. The SMILES string of the molecule is CC(C)(C)OC(=O)N1[C@H]2[C@@H](Cc3ccccc3)[C@@H](Cc3ccccc3)[C@H](C(O)Cc3ccccc3)O[C@@H]2C[C@H]1C(=O)O. The first-order chi connectivity index (χ1) is 20.1. The summed E-state index contributed by atoms with van der Waals surface area (Å²) in [6.07, 6.45) is -0.837. The van der Waals surface area contributed by atoms with Crippen LogP contribution in [-0.4, -0.2) is 63.2 Å². The average Bonchev–Trinajstić information content (AvgIpc) is 3.35. The molecule has 1 amide bonds. The highest BCUT2D eigenvalue weighted by Gasteiger charge is 2.58. The quantitative estimate of drug-likeness (QED) is 0.369. The largest absolute Gasteiger partial charge is 0.480 e. The van der Waals surface area contributed by atoms with Crippen molar-refractivity contribution in [3.63, 3.8) is 0 Å². The van der Waals surface area contributed by atoms with Crippen LogP contribution >= 0.6 is 0 Å². The Balaban J connectivity index is 1.58. The number of carbonyl (C=O) groups is 2. The van der Waals surface area contributed by atoms with Gasteiger partial charge in [-0.2, -0.15) is 0 Å². The second-order valence-electron chi connectivity index (χ2n) is 12.6. The van der Waals surface area contributed by atoms with Gasteiger partial charge in [-0.15, -0.1) is 0 Å². The molecule has 2 aliphatic rings. The Morgan fingerprint density at radius 3 is 1.86 bits per heavy atom. The lowest BCUT2D eigenvalue weighted by Crippen LogP contribution is -2.60. The Morgan fingerprint density at radius 1 is 0.857 bits per heavy atom. The highest BCUT2D eigenvalue weighted by Crippen LogP contribution is 2.46. The fourth-order valence-electron chi connectivity index (χ4n) is 6.72. The number of carbonyl (C=O) groups excluding carboxylic acids is 1. The standard InChI is InChI=1S/C35H41NO6/c1-35(2,3)42-34(40)36-28(33(38)39)22-30-31(36)26(19-23-13-7-4-8-14-23)27(20-24-15-9-5-10-16-24)32(41-30)29(37)21-25-17-11-6-12-18-25/h4-18,26-32,37H,19-22H2,1-3H3,(H,38,39)/t26-,27+,28-,29?,30+,31-,32+/m0/s1. The molecule has 7 heteroatoms. The van der Waals surface area contributed by atoms with E-state index in [0.29, 0.717) is 19.3 Å². The minimum atomic E-state index is -1.09. The van der Waals surface area contributed by atoms with Crippen LogP contribution in [0.5, 0.6) is 0 Å². The smallest absolute Gasteiger partial charge is 0.411 e. The van der Waals surface area contributed by atoms with Crippen molar-refractivity contribution in [2.75, 3.05) is 0 Å². The summed E-state index contributed by atoms with van der Waals surface area (Å²) in [5.41, 5.74) is 2.39. The van der Waals surface area contributed by atoms with Crippen molar-refractivity contribution in [1.82, 2.24) is 4.90 Å². The van der Waals surface area contributed by atoms with Crippen molar-refractivity contribution < 1.29 is 29.3 Å². The minimum absolute atomic E-state index is 0.136. The van der Waals surface area contributed by atoms with Crippen LogP contribution in [0, 0.1) is 11.8 Å². The Morgan fingerprint density at radius 2 is 1.36 bits per heavy atom. The van der Waals surface area contributed by atoms with Gasteiger partial charge in [0.05, 0.1) is 24.4 Å². The van der Waals surface area contributed by atoms with Crippen molar-refractivity contribution in [2.45, 2.75) is 82.5 Å². The number of carboxylic acids is 1. The van der Waals surface area contributed by atoms with Gasteiger partial charge < -0.3 is 19.7 Å². The number of fused-ring (bicyclic) bond motifs is 1. The van der Waals surface area contributed by atoms with E-state index in [9.17, 15) is 19.8 Å².